The number of nitrogens with zero attached hydrogens (tertiary/aromatic N) is 3. The maximum Gasteiger partial charge on any atom is 0.268 e. The third-order valence-corrected chi connectivity index (χ3v) is 3.60. The Labute approximate surface area is 113 Å². The number of rotatable bonds is 4. The summed E-state index contributed by atoms with van der Waals surface area (Å²) in [4.78, 5) is 11.4. The molecule has 2 heterocycles. The molecule has 19 heavy (non-hydrogen) atoms. The fraction of sp³-hybridized carbons (Fsp3) is 0.300. The third-order valence-electron chi connectivity index (χ3n) is 2.56. The van der Waals surface area contributed by atoms with Crippen molar-refractivity contribution < 1.29 is 9.21 Å². The Balaban J connectivity index is 2.08. The van der Waals surface area contributed by atoms with Crippen LogP contribution in [0.15, 0.2) is 15.6 Å². The molecule has 0 unspecified atom stereocenters. The summed E-state index contributed by atoms with van der Waals surface area (Å²) in [5.74, 6) is 6.76. The normalized spacial score (nSPS) is 10.7. The zero-order valence-corrected chi connectivity index (χ0v) is 11.3. The molecule has 0 radical (unpaired) electrons. The summed E-state index contributed by atoms with van der Waals surface area (Å²) in [6, 6.07) is 1.66. The molecule has 0 aliphatic heterocycles. The number of aromatic nitrogens is 3. The number of amides is 1. The van der Waals surface area contributed by atoms with E-state index < -0.39 is 0 Å². The molecule has 0 spiro atoms. The number of nitrogens with two attached hydrogens (primary N) is 2. The van der Waals surface area contributed by atoms with Gasteiger partial charge >= 0.3 is 0 Å². The van der Waals surface area contributed by atoms with E-state index >= 15 is 0 Å². The highest BCUT2D eigenvalue weighted by Crippen LogP contribution is 2.24. The largest absolute Gasteiger partial charge is 0.465 e. The average molecular weight is 282 g/mol. The van der Waals surface area contributed by atoms with E-state index in [-0.39, 0.29) is 5.91 Å². The highest BCUT2D eigenvalue weighted by atomic mass is 32.2. The number of carbonyl (C=O) groups excluding carboxylic acids is 1. The number of hydrazine groups is 1. The van der Waals surface area contributed by atoms with E-state index in [0.29, 0.717) is 33.9 Å². The van der Waals surface area contributed by atoms with Crippen molar-refractivity contribution in [3.8, 4) is 0 Å². The minimum Gasteiger partial charge on any atom is -0.465 e. The molecule has 2 aromatic heterocycles. The van der Waals surface area contributed by atoms with Crippen LogP contribution in [0, 0.1) is 6.92 Å². The van der Waals surface area contributed by atoms with Gasteiger partial charge in [-0.15, -0.1) is 10.2 Å². The summed E-state index contributed by atoms with van der Waals surface area (Å²) >= 11 is 1.41. The smallest absolute Gasteiger partial charge is 0.268 e. The number of carbonyl (C=O) groups is 1. The number of anilines is 1. The molecule has 0 aliphatic rings. The van der Waals surface area contributed by atoms with Crippen molar-refractivity contribution in [2.24, 2.45) is 12.9 Å². The summed E-state index contributed by atoms with van der Waals surface area (Å²) in [6.45, 7) is 1.71. The third kappa shape index (κ3) is 2.71. The number of furan rings is 1. The zero-order valence-electron chi connectivity index (χ0n) is 10.5. The Morgan fingerprint density at radius 2 is 2.32 bits per heavy atom. The van der Waals surface area contributed by atoms with Gasteiger partial charge in [0.25, 0.3) is 5.91 Å². The van der Waals surface area contributed by atoms with Gasteiger partial charge in [-0.2, -0.15) is 0 Å². The van der Waals surface area contributed by atoms with Gasteiger partial charge in [-0.3, -0.25) is 14.8 Å². The van der Waals surface area contributed by atoms with Crippen LogP contribution in [0.3, 0.4) is 0 Å². The van der Waals surface area contributed by atoms with Crippen LogP contribution in [0.2, 0.25) is 0 Å². The molecule has 9 heteroatoms. The Hall–Kier alpha value is -2.00. The van der Waals surface area contributed by atoms with Gasteiger partial charge in [-0.05, 0) is 13.0 Å². The molecule has 102 valence electrons. The lowest BCUT2D eigenvalue weighted by Gasteiger charge is -1.98. The number of nitrogen functional groups attached to an aromatic ring is 2. The summed E-state index contributed by atoms with van der Waals surface area (Å²) < 4.78 is 7.15. The van der Waals surface area contributed by atoms with E-state index in [4.69, 9.17) is 16.0 Å². The van der Waals surface area contributed by atoms with Gasteiger partial charge in [-0.1, -0.05) is 11.8 Å². The van der Waals surface area contributed by atoms with Gasteiger partial charge in [-0.25, -0.2) is 5.84 Å². The van der Waals surface area contributed by atoms with E-state index in [1.165, 1.54) is 11.8 Å². The predicted molar refractivity (Wildman–Crippen MR) is 70.1 cm³/mol. The lowest BCUT2D eigenvalue weighted by Crippen LogP contribution is -2.30. The fourth-order valence-electron chi connectivity index (χ4n) is 1.51. The van der Waals surface area contributed by atoms with E-state index in [1.807, 2.05) is 0 Å². The van der Waals surface area contributed by atoms with E-state index in [0.717, 1.165) is 0 Å². The van der Waals surface area contributed by atoms with Crippen molar-refractivity contribution in [2.45, 2.75) is 17.8 Å². The fourth-order valence-corrected chi connectivity index (χ4v) is 2.30. The van der Waals surface area contributed by atoms with Crippen LogP contribution in [0.1, 0.15) is 21.9 Å². The summed E-state index contributed by atoms with van der Waals surface area (Å²) in [5, 5.41) is 8.35. The molecular formula is C10H14N6O2S. The van der Waals surface area contributed by atoms with Crippen LogP contribution in [-0.2, 0) is 12.8 Å². The van der Waals surface area contributed by atoms with Crippen LogP contribution in [0.5, 0.6) is 0 Å². The van der Waals surface area contributed by atoms with E-state index in [2.05, 4.69) is 15.6 Å². The second kappa shape index (κ2) is 5.33. The molecule has 0 saturated carbocycles. The van der Waals surface area contributed by atoms with Crippen molar-refractivity contribution in [3.05, 3.63) is 23.2 Å². The molecule has 0 bridgehead atoms. The Morgan fingerprint density at radius 3 is 2.89 bits per heavy atom. The number of hydrogen-bond acceptors (Lipinski definition) is 7. The standard InChI is InChI=1S/C10H14N6O2S/c1-5-7(8(17)13-12)3-6(18-5)4-19-10-15-14-9(11)16(10)2/h3H,4,12H2,1-2H3,(H2,11,14)(H,13,17). The number of aryl methyl sites for hydroxylation is 1. The van der Waals surface area contributed by atoms with Gasteiger partial charge in [0, 0.05) is 7.05 Å². The van der Waals surface area contributed by atoms with E-state index in [1.54, 1.807) is 24.6 Å². The predicted octanol–water partition coefficient (Wildman–Crippen LogP) is 0.195. The summed E-state index contributed by atoms with van der Waals surface area (Å²) in [6.07, 6.45) is 0. The average Bonchev–Trinajstić information content (AvgIpc) is 2.91. The molecule has 2 rings (SSSR count). The second-order valence-corrected chi connectivity index (χ2v) is 4.79. The first kappa shape index (κ1) is 13.4. The van der Waals surface area contributed by atoms with Gasteiger partial charge in [0.05, 0.1) is 11.3 Å². The van der Waals surface area contributed by atoms with Crippen LogP contribution in [0.25, 0.3) is 0 Å². The highest BCUT2D eigenvalue weighted by Gasteiger charge is 2.15. The first-order chi connectivity index (χ1) is 9.02. The van der Waals surface area contributed by atoms with E-state index in [9.17, 15) is 4.79 Å². The lowest BCUT2D eigenvalue weighted by molar-refractivity contribution is 0.0952. The topological polar surface area (TPSA) is 125 Å². The van der Waals surface area contributed by atoms with Gasteiger partial charge in [0.15, 0.2) is 5.16 Å². The SMILES string of the molecule is Cc1oc(CSc2nnc(N)n2C)cc1C(=O)NN. The zero-order chi connectivity index (χ0) is 14.0. The Morgan fingerprint density at radius 1 is 1.58 bits per heavy atom. The minimum absolute atomic E-state index is 0.348. The Bertz CT molecular complexity index is 605. The first-order valence-electron chi connectivity index (χ1n) is 5.41. The maximum atomic E-state index is 11.4. The first-order valence-corrected chi connectivity index (χ1v) is 6.39. The van der Waals surface area contributed by atoms with Gasteiger partial charge < -0.3 is 10.2 Å². The maximum absolute atomic E-state index is 11.4. The van der Waals surface area contributed by atoms with Crippen molar-refractivity contribution in [2.75, 3.05) is 5.73 Å². The lowest BCUT2D eigenvalue weighted by atomic mass is 10.2. The van der Waals surface area contributed by atoms with Crippen molar-refractivity contribution in [1.29, 1.82) is 0 Å². The summed E-state index contributed by atoms with van der Waals surface area (Å²) in [5.41, 5.74) is 8.08. The molecule has 0 fully saturated rings. The molecule has 2 aromatic rings. The molecule has 0 saturated heterocycles. The number of nitrogens with one attached hydrogen (secondary N) is 1. The molecular weight excluding hydrogens is 268 g/mol. The van der Waals surface area contributed by atoms with Crippen LogP contribution >= 0.6 is 11.8 Å². The molecule has 5 N–H and O–H groups in total. The monoisotopic (exact) mass is 282 g/mol. The highest BCUT2D eigenvalue weighted by molar-refractivity contribution is 7.98. The quantitative estimate of drug-likeness (QED) is 0.316. The van der Waals surface area contributed by atoms with Crippen LogP contribution in [-0.4, -0.2) is 20.7 Å². The molecule has 1 amide bonds. The van der Waals surface area contributed by atoms with Gasteiger partial charge in [0.1, 0.15) is 11.5 Å². The number of hydrogen-bond donors (Lipinski definition) is 3. The molecule has 0 aliphatic carbocycles. The summed E-state index contributed by atoms with van der Waals surface area (Å²) in [7, 11) is 1.78. The van der Waals surface area contributed by atoms with Crippen molar-refractivity contribution in [1.82, 2.24) is 20.2 Å². The van der Waals surface area contributed by atoms with Crippen molar-refractivity contribution >= 4 is 23.6 Å². The Kier molecular flexibility index (Phi) is 3.76. The molecule has 0 aromatic carbocycles. The van der Waals surface area contributed by atoms with Gasteiger partial charge in [0.2, 0.25) is 5.95 Å². The van der Waals surface area contributed by atoms with Crippen LogP contribution in [0.4, 0.5) is 5.95 Å². The second-order valence-electron chi connectivity index (χ2n) is 3.84. The number of thioether (sulfide) groups is 1. The van der Waals surface area contributed by atoms with Crippen LogP contribution < -0.4 is 17.0 Å². The minimum atomic E-state index is -0.375. The molecule has 0 atom stereocenters. The molecule has 8 nitrogen and oxygen atoms in total. The van der Waals surface area contributed by atoms with Crippen molar-refractivity contribution in [3.63, 3.8) is 0 Å².